The van der Waals surface area contributed by atoms with Crippen molar-refractivity contribution in [3.05, 3.63) is 64.5 Å². The van der Waals surface area contributed by atoms with E-state index in [1.54, 1.807) is 0 Å². The minimum absolute atomic E-state index is 0.704. The lowest BCUT2D eigenvalue weighted by atomic mass is 10.0. The van der Waals surface area contributed by atoms with Crippen LogP contribution in [0, 0.1) is 6.92 Å². The summed E-state index contributed by atoms with van der Waals surface area (Å²) in [6.45, 7) is 13.2. The van der Waals surface area contributed by atoms with Gasteiger partial charge in [0, 0.05) is 6.21 Å². The van der Waals surface area contributed by atoms with Crippen molar-refractivity contribution in [3.8, 4) is 0 Å². The summed E-state index contributed by atoms with van der Waals surface area (Å²) in [5, 5.41) is 1.15. The predicted molar refractivity (Wildman–Crippen MR) is 95.4 cm³/mol. The molecule has 1 rings (SSSR count). The van der Waals surface area contributed by atoms with Crippen LogP contribution in [0.1, 0.15) is 31.9 Å². The van der Waals surface area contributed by atoms with E-state index >= 15 is 0 Å². The van der Waals surface area contributed by atoms with Crippen LogP contribution in [0.3, 0.4) is 0 Å². The van der Waals surface area contributed by atoms with Gasteiger partial charge in [0.1, 0.15) is 0 Å². The SMILES string of the molecule is C=C(/C=C(/C)CN=CC(P)=C(C)C)c1ccccc1C. The third kappa shape index (κ3) is 5.27. The van der Waals surface area contributed by atoms with Crippen molar-refractivity contribution in [2.45, 2.75) is 27.7 Å². The summed E-state index contributed by atoms with van der Waals surface area (Å²) in [7, 11) is 2.71. The molecule has 0 radical (unpaired) electrons. The van der Waals surface area contributed by atoms with Crippen molar-refractivity contribution in [3.63, 3.8) is 0 Å². The number of hydrogen-bond acceptors (Lipinski definition) is 1. The second kappa shape index (κ2) is 7.97. The van der Waals surface area contributed by atoms with Gasteiger partial charge in [0.15, 0.2) is 0 Å². The second-order valence-corrected chi connectivity index (χ2v) is 5.88. The van der Waals surface area contributed by atoms with Crippen LogP contribution in [0.25, 0.3) is 5.57 Å². The van der Waals surface area contributed by atoms with Gasteiger partial charge in [0.05, 0.1) is 6.54 Å². The molecule has 1 aromatic rings. The molecule has 0 fully saturated rings. The van der Waals surface area contributed by atoms with Gasteiger partial charge in [0.25, 0.3) is 0 Å². The summed E-state index contributed by atoms with van der Waals surface area (Å²) in [5.74, 6) is 0. The molecule has 0 amide bonds. The highest BCUT2D eigenvalue weighted by molar-refractivity contribution is 7.24. The van der Waals surface area contributed by atoms with Gasteiger partial charge in [0.2, 0.25) is 0 Å². The summed E-state index contributed by atoms with van der Waals surface area (Å²) >= 11 is 0. The van der Waals surface area contributed by atoms with Crippen LogP contribution in [-0.2, 0) is 0 Å². The maximum atomic E-state index is 4.45. The molecule has 0 N–H and O–H groups in total. The van der Waals surface area contributed by atoms with Gasteiger partial charge in [-0.3, -0.25) is 4.99 Å². The average molecular weight is 285 g/mol. The quantitative estimate of drug-likeness (QED) is 0.401. The van der Waals surface area contributed by atoms with Crippen molar-refractivity contribution < 1.29 is 0 Å². The molecule has 0 spiro atoms. The Morgan fingerprint density at radius 1 is 1.25 bits per heavy atom. The van der Waals surface area contributed by atoms with Crippen LogP contribution in [-0.4, -0.2) is 12.8 Å². The van der Waals surface area contributed by atoms with E-state index in [-0.39, 0.29) is 0 Å². The van der Waals surface area contributed by atoms with E-state index in [1.807, 2.05) is 18.3 Å². The molecule has 0 aromatic heterocycles. The van der Waals surface area contributed by atoms with E-state index < -0.39 is 0 Å². The van der Waals surface area contributed by atoms with Crippen LogP contribution in [0.2, 0.25) is 0 Å². The number of aryl methyl sites for hydroxylation is 1. The normalized spacial score (nSPS) is 11.8. The molecule has 0 bridgehead atoms. The maximum absolute atomic E-state index is 4.45. The van der Waals surface area contributed by atoms with E-state index in [4.69, 9.17) is 0 Å². The number of aliphatic imine (C=N–C) groups is 1. The summed E-state index contributed by atoms with van der Waals surface area (Å²) in [4.78, 5) is 4.45. The minimum atomic E-state index is 0.704. The molecule has 106 valence electrons. The molecule has 1 unspecified atom stereocenters. The van der Waals surface area contributed by atoms with Crippen molar-refractivity contribution in [1.29, 1.82) is 0 Å². The molecule has 2 heteroatoms. The molecule has 0 aliphatic rings. The number of nitrogens with zero attached hydrogens (tertiary/aromatic N) is 1. The summed E-state index contributed by atoms with van der Waals surface area (Å²) in [5.41, 5.74) is 5.98. The molecule has 0 aliphatic carbocycles. The topological polar surface area (TPSA) is 12.4 Å². The average Bonchev–Trinajstić information content (AvgIpc) is 2.38. The molecule has 0 saturated carbocycles. The first-order valence-electron chi connectivity index (χ1n) is 6.76. The number of allylic oxidation sites excluding steroid dienone is 4. The molecule has 1 nitrogen and oxygen atoms in total. The molecule has 20 heavy (non-hydrogen) atoms. The summed E-state index contributed by atoms with van der Waals surface area (Å²) < 4.78 is 0. The Bertz CT molecular complexity index is 573. The van der Waals surface area contributed by atoms with Crippen molar-refractivity contribution in [2.75, 3.05) is 6.54 Å². The monoisotopic (exact) mass is 285 g/mol. The number of rotatable bonds is 5. The van der Waals surface area contributed by atoms with Gasteiger partial charge in [-0.15, -0.1) is 9.24 Å². The third-order valence-corrected chi connectivity index (χ3v) is 3.79. The van der Waals surface area contributed by atoms with Gasteiger partial charge in [-0.25, -0.2) is 0 Å². The van der Waals surface area contributed by atoms with Crippen molar-refractivity contribution >= 4 is 21.0 Å². The zero-order chi connectivity index (χ0) is 15.1. The minimum Gasteiger partial charge on any atom is -0.288 e. The Labute approximate surface area is 125 Å². The molecule has 0 heterocycles. The number of hydrogen-bond donors (Lipinski definition) is 0. The van der Waals surface area contributed by atoms with Crippen LogP contribution < -0.4 is 0 Å². The van der Waals surface area contributed by atoms with Gasteiger partial charge in [-0.1, -0.05) is 48.1 Å². The fourth-order valence-corrected chi connectivity index (χ4v) is 1.88. The van der Waals surface area contributed by atoms with Crippen LogP contribution >= 0.6 is 9.24 Å². The molecule has 1 aromatic carbocycles. The largest absolute Gasteiger partial charge is 0.288 e. The van der Waals surface area contributed by atoms with Gasteiger partial charge in [-0.05, 0) is 49.7 Å². The molecular weight excluding hydrogens is 261 g/mol. The fraction of sp³-hybridized carbons (Fsp3) is 0.278. The highest BCUT2D eigenvalue weighted by Gasteiger charge is 1.99. The Hall–Kier alpha value is -1.46. The van der Waals surface area contributed by atoms with Gasteiger partial charge < -0.3 is 0 Å². The first-order chi connectivity index (χ1) is 9.41. The van der Waals surface area contributed by atoms with E-state index in [0.29, 0.717) is 6.54 Å². The van der Waals surface area contributed by atoms with Crippen molar-refractivity contribution in [1.82, 2.24) is 0 Å². The van der Waals surface area contributed by atoms with Crippen molar-refractivity contribution in [2.24, 2.45) is 4.99 Å². The van der Waals surface area contributed by atoms with Crippen LogP contribution in [0.15, 0.2) is 58.4 Å². The summed E-state index contributed by atoms with van der Waals surface area (Å²) in [6, 6.07) is 8.31. The Morgan fingerprint density at radius 3 is 2.50 bits per heavy atom. The van der Waals surface area contributed by atoms with E-state index in [1.165, 1.54) is 22.3 Å². The lowest BCUT2D eigenvalue weighted by molar-refractivity contribution is 1.14. The fourth-order valence-electron chi connectivity index (χ4n) is 1.77. The Morgan fingerprint density at radius 2 is 1.90 bits per heavy atom. The Kier molecular flexibility index (Phi) is 6.61. The van der Waals surface area contributed by atoms with Gasteiger partial charge >= 0.3 is 0 Å². The van der Waals surface area contributed by atoms with Gasteiger partial charge in [-0.2, -0.15) is 0 Å². The molecule has 1 atom stereocenters. The molecule has 0 saturated heterocycles. The van der Waals surface area contributed by atoms with Crippen LogP contribution in [0.5, 0.6) is 0 Å². The highest BCUT2D eigenvalue weighted by Crippen LogP contribution is 2.19. The lowest BCUT2D eigenvalue weighted by Crippen LogP contribution is -1.89. The van der Waals surface area contributed by atoms with Crippen LogP contribution in [0.4, 0.5) is 0 Å². The van der Waals surface area contributed by atoms with E-state index in [2.05, 4.69) is 66.7 Å². The third-order valence-electron chi connectivity index (χ3n) is 3.06. The standard InChI is InChI=1S/C18H24NP/c1-13(2)18(20)12-19-11-14(3)10-16(5)17-9-7-6-8-15(17)4/h6-10,12H,5,11,20H2,1-4H3/b14-10-,19-12?. The van der Waals surface area contributed by atoms with E-state index in [0.717, 1.165) is 10.9 Å². The smallest absolute Gasteiger partial charge is 0.0600 e. The first kappa shape index (κ1) is 16.6. The summed E-state index contributed by atoms with van der Waals surface area (Å²) in [6.07, 6.45) is 4.03. The van der Waals surface area contributed by atoms with E-state index in [9.17, 15) is 0 Å². The molecule has 0 aliphatic heterocycles. The predicted octanol–water partition coefficient (Wildman–Crippen LogP) is 5.19. The zero-order valence-corrected chi connectivity index (χ0v) is 14.1. The zero-order valence-electron chi connectivity index (χ0n) is 12.9. The lowest BCUT2D eigenvalue weighted by Gasteiger charge is -2.06. The first-order valence-corrected chi connectivity index (χ1v) is 7.34. The Balaban J connectivity index is 2.73. The molecular formula is C18H24NP. The maximum Gasteiger partial charge on any atom is 0.0600 e. The highest BCUT2D eigenvalue weighted by atomic mass is 31.0. The second-order valence-electron chi connectivity index (χ2n) is 5.26. The number of benzene rings is 1.